The van der Waals surface area contributed by atoms with Crippen LogP contribution in [-0.4, -0.2) is 25.2 Å². The minimum absolute atomic E-state index is 0.198. The molecule has 0 aliphatic rings. The number of hydrogen-bond donors (Lipinski definition) is 0. The van der Waals surface area contributed by atoms with Crippen LogP contribution >= 0.6 is 0 Å². The summed E-state index contributed by atoms with van der Waals surface area (Å²) < 4.78 is 9.79. The summed E-state index contributed by atoms with van der Waals surface area (Å²) in [5.74, 6) is -2.14. The zero-order valence-electron chi connectivity index (χ0n) is 11.6. The maximum atomic E-state index is 11.8. The van der Waals surface area contributed by atoms with Gasteiger partial charge in [0, 0.05) is 0 Å². The molecule has 0 aliphatic heterocycles. The molecule has 0 radical (unpaired) electrons. The molecule has 5 heteroatoms. The van der Waals surface area contributed by atoms with Crippen LogP contribution in [0.2, 0.25) is 0 Å². The fourth-order valence-electron chi connectivity index (χ4n) is 1.70. The van der Waals surface area contributed by atoms with E-state index < -0.39 is 17.9 Å². The maximum absolute atomic E-state index is 11.8. The molecule has 0 bridgehead atoms. The largest absolute Gasteiger partial charge is 0.465 e. The molecule has 5 nitrogen and oxygen atoms in total. The average Bonchev–Trinajstić information content (AvgIpc) is 2.45. The van der Waals surface area contributed by atoms with Gasteiger partial charge in [-0.1, -0.05) is 12.1 Å². The van der Waals surface area contributed by atoms with Crippen LogP contribution in [-0.2, 0) is 25.5 Å². The van der Waals surface area contributed by atoms with Gasteiger partial charge in [0.05, 0.1) is 24.8 Å². The topological polar surface area (TPSA) is 76.4 Å². The molecule has 106 valence electrons. The Morgan fingerprint density at radius 1 is 1.10 bits per heavy atom. The summed E-state index contributed by atoms with van der Waals surface area (Å²) in [6, 6.07) is 8.72. The van der Waals surface area contributed by atoms with E-state index in [1.165, 1.54) is 0 Å². The van der Waals surface area contributed by atoms with Gasteiger partial charge in [0.25, 0.3) is 0 Å². The molecule has 0 heterocycles. The molecule has 0 saturated heterocycles. The standard InChI is InChI=1S/C15H17NO4/c1-3-19-14(17)13(15(18)20-4-2)9-11-5-7-12(10-16)8-6-11/h5-8,13H,3-4,9H2,1-2H3. The van der Waals surface area contributed by atoms with Crippen molar-refractivity contribution in [2.24, 2.45) is 5.92 Å². The van der Waals surface area contributed by atoms with Crippen molar-refractivity contribution < 1.29 is 19.1 Å². The molecular formula is C15H17NO4. The zero-order valence-corrected chi connectivity index (χ0v) is 11.6. The Bertz CT molecular complexity index is 484. The third-order valence-electron chi connectivity index (χ3n) is 2.67. The van der Waals surface area contributed by atoms with Crippen molar-refractivity contribution >= 4 is 11.9 Å². The molecule has 0 N–H and O–H groups in total. The number of hydrogen-bond acceptors (Lipinski definition) is 5. The molecular weight excluding hydrogens is 258 g/mol. The van der Waals surface area contributed by atoms with Gasteiger partial charge >= 0.3 is 11.9 Å². The molecule has 0 amide bonds. The van der Waals surface area contributed by atoms with Crippen LogP contribution < -0.4 is 0 Å². The molecule has 0 aromatic heterocycles. The third kappa shape index (κ3) is 4.39. The fraction of sp³-hybridized carbons (Fsp3) is 0.400. The van der Waals surface area contributed by atoms with E-state index in [1.807, 2.05) is 6.07 Å². The van der Waals surface area contributed by atoms with E-state index >= 15 is 0 Å². The zero-order chi connectivity index (χ0) is 15.0. The molecule has 0 spiro atoms. The lowest BCUT2D eigenvalue weighted by molar-refractivity contribution is -0.161. The Labute approximate surface area is 118 Å². The molecule has 0 atom stereocenters. The highest BCUT2D eigenvalue weighted by Gasteiger charge is 2.29. The Hall–Kier alpha value is -2.35. The van der Waals surface area contributed by atoms with E-state index in [2.05, 4.69) is 0 Å². The van der Waals surface area contributed by atoms with E-state index in [0.29, 0.717) is 5.56 Å². The maximum Gasteiger partial charge on any atom is 0.320 e. The van der Waals surface area contributed by atoms with Crippen LogP contribution in [0.15, 0.2) is 24.3 Å². The Kier molecular flexibility index (Phi) is 6.24. The van der Waals surface area contributed by atoms with Crippen molar-refractivity contribution in [3.8, 4) is 6.07 Å². The quantitative estimate of drug-likeness (QED) is 0.585. The van der Waals surface area contributed by atoms with Gasteiger partial charge in [-0.15, -0.1) is 0 Å². The summed E-state index contributed by atoms with van der Waals surface area (Å²) in [6.07, 6.45) is 0.198. The molecule has 1 rings (SSSR count). The first-order valence-corrected chi connectivity index (χ1v) is 6.44. The number of carbonyl (C=O) groups excluding carboxylic acids is 2. The minimum Gasteiger partial charge on any atom is -0.465 e. The molecule has 1 aromatic rings. The van der Waals surface area contributed by atoms with E-state index in [1.54, 1.807) is 38.1 Å². The van der Waals surface area contributed by atoms with Crippen LogP contribution in [0.5, 0.6) is 0 Å². The lowest BCUT2D eigenvalue weighted by atomic mass is 9.98. The minimum atomic E-state index is -0.970. The third-order valence-corrected chi connectivity index (χ3v) is 2.67. The molecule has 0 aliphatic carbocycles. The number of nitriles is 1. The summed E-state index contributed by atoms with van der Waals surface area (Å²) >= 11 is 0. The second-order valence-corrected chi connectivity index (χ2v) is 4.07. The predicted octanol–water partition coefficient (Wildman–Crippen LogP) is 1.84. The number of rotatable bonds is 6. The van der Waals surface area contributed by atoms with Crippen LogP contribution in [0.3, 0.4) is 0 Å². The number of nitrogens with zero attached hydrogens (tertiary/aromatic N) is 1. The lowest BCUT2D eigenvalue weighted by Gasteiger charge is -2.14. The monoisotopic (exact) mass is 275 g/mol. The van der Waals surface area contributed by atoms with Crippen molar-refractivity contribution in [2.75, 3.05) is 13.2 Å². The smallest absolute Gasteiger partial charge is 0.320 e. The summed E-state index contributed by atoms with van der Waals surface area (Å²) in [7, 11) is 0. The molecule has 0 unspecified atom stereocenters. The predicted molar refractivity (Wildman–Crippen MR) is 71.6 cm³/mol. The van der Waals surface area contributed by atoms with Crippen molar-refractivity contribution in [3.05, 3.63) is 35.4 Å². The van der Waals surface area contributed by atoms with Gasteiger partial charge in [0.1, 0.15) is 0 Å². The summed E-state index contributed by atoms with van der Waals surface area (Å²) in [6.45, 7) is 3.79. The van der Waals surface area contributed by atoms with Crippen LogP contribution in [0.1, 0.15) is 25.0 Å². The summed E-state index contributed by atoms with van der Waals surface area (Å²) in [4.78, 5) is 23.6. The number of ether oxygens (including phenoxy) is 2. The molecule has 0 fully saturated rings. The number of benzene rings is 1. The van der Waals surface area contributed by atoms with Gasteiger partial charge in [0.15, 0.2) is 5.92 Å². The first-order valence-electron chi connectivity index (χ1n) is 6.44. The van der Waals surface area contributed by atoms with Crippen molar-refractivity contribution in [2.45, 2.75) is 20.3 Å². The van der Waals surface area contributed by atoms with Crippen LogP contribution in [0, 0.1) is 17.2 Å². The van der Waals surface area contributed by atoms with E-state index in [0.717, 1.165) is 5.56 Å². The lowest BCUT2D eigenvalue weighted by Crippen LogP contribution is -2.30. The van der Waals surface area contributed by atoms with E-state index in [4.69, 9.17) is 14.7 Å². The fourth-order valence-corrected chi connectivity index (χ4v) is 1.70. The average molecular weight is 275 g/mol. The van der Waals surface area contributed by atoms with E-state index in [9.17, 15) is 9.59 Å². The van der Waals surface area contributed by atoms with Crippen molar-refractivity contribution in [1.29, 1.82) is 5.26 Å². The highest BCUT2D eigenvalue weighted by Crippen LogP contribution is 2.14. The SMILES string of the molecule is CCOC(=O)C(Cc1ccc(C#N)cc1)C(=O)OCC. The number of esters is 2. The molecule has 1 aromatic carbocycles. The van der Waals surface area contributed by atoms with Gasteiger partial charge < -0.3 is 9.47 Å². The molecule has 0 saturated carbocycles. The first-order chi connectivity index (χ1) is 9.62. The first kappa shape index (κ1) is 15.7. The summed E-state index contributed by atoms with van der Waals surface area (Å²) in [5, 5.41) is 8.73. The Morgan fingerprint density at radius 3 is 2.00 bits per heavy atom. The highest BCUT2D eigenvalue weighted by molar-refractivity contribution is 5.95. The van der Waals surface area contributed by atoms with Crippen molar-refractivity contribution in [3.63, 3.8) is 0 Å². The Morgan fingerprint density at radius 2 is 1.60 bits per heavy atom. The van der Waals surface area contributed by atoms with Gasteiger partial charge in [-0.2, -0.15) is 5.26 Å². The Balaban J connectivity index is 2.85. The second-order valence-electron chi connectivity index (χ2n) is 4.07. The van der Waals surface area contributed by atoms with Crippen molar-refractivity contribution in [1.82, 2.24) is 0 Å². The van der Waals surface area contributed by atoms with E-state index in [-0.39, 0.29) is 19.6 Å². The van der Waals surface area contributed by atoms with Gasteiger partial charge in [-0.3, -0.25) is 9.59 Å². The van der Waals surface area contributed by atoms with Gasteiger partial charge in [-0.05, 0) is 38.0 Å². The second kappa shape index (κ2) is 7.95. The van der Waals surface area contributed by atoms with Crippen LogP contribution in [0.25, 0.3) is 0 Å². The highest BCUT2D eigenvalue weighted by atomic mass is 16.6. The molecule has 20 heavy (non-hydrogen) atoms. The summed E-state index contributed by atoms with van der Waals surface area (Å²) in [5.41, 5.74) is 1.30. The van der Waals surface area contributed by atoms with Crippen LogP contribution in [0.4, 0.5) is 0 Å². The normalized spacial score (nSPS) is 9.90. The van der Waals surface area contributed by atoms with Gasteiger partial charge in [-0.25, -0.2) is 0 Å². The van der Waals surface area contributed by atoms with Gasteiger partial charge in [0.2, 0.25) is 0 Å². The number of carbonyl (C=O) groups is 2.